The molecule has 0 amide bonds. The van der Waals surface area contributed by atoms with Crippen LogP contribution in [0.4, 0.5) is 0 Å². The van der Waals surface area contributed by atoms with E-state index in [9.17, 15) is 13.2 Å². The van der Waals surface area contributed by atoms with Crippen LogP contribution in [0.25, 0.3) is 0 Å². The highest BCUT2D eigenvalue weighted by atomic mass is 32.2. The number of carbonyl (C=O) groups is 1. The molecule has 2 rings (SSSR count). The van der Waals surface area contributed by atoms with Crippen LogP contribution in [-0.2, 0) is 16.6 Å². The fourth-order valence-electron chi connectivity index (χ4n) is 1.86. The van der Waals surface area contributed by atoms with Gasteiger partial charge in [-0.25, -0.2) is 22.9 Å². The molecule has 0 bridgehead atoms. The van der Waals surface area contributed by atoms with Gasteiger partial charge in [0.1, 0.15) is 0 Å². The van der Waals surface area contributed by atoms with E-state index in [0.29, 0.717) is 16.8 Å². The molecule has 0 saturated carbocycles. The van der Waals surface area contributed by atoms with Crippen molar-refractivity contribution in [3.05, 3.63) is 47.0 Å². The van der Waals surface area contributed by atoms with Crippen LogP contribution in [0.1, 0.15) is 27.2 Å². The minimum Gasteiger partial charge on any atom is -0.478 e. The molecule has 0 aliphatic heterocycles. The van der Waals surface area contributed by atoms with E-state index >= 15 is 0 Å². The number of hydrogen-bond acceptors (Lipinski definition) is 4. The number of carboxylic acid groups (broad SMARTS) is 1. The van der Waals surface area contributed by atoms with Gasteiger partial charge in [0.15, 0.2) is 0 Å². The van der Waals surface area contributed by atoms with Crippen molar-refractivity contribution < 1.29 is 18.3 Å². The first-order chi connectivity index (χ1) is 9.81. The van der Waals surface area contributed by atoms with Crippen LogP contribution in [0.2, 0.25) is 0 Å². The first-order valence-electron chi connectivity index (χ1n) is 6.12. The molecule has 0 aliphatic carbocycles. The van der Waals surface area contributed by atoms with Gasteiger partial charge in [-0.3, -0.25) is 0 Å². The zero-order valence-corrected chi connectivity index (χ0v) is 12.4. The van der Waals surface area contributed by atoms with Gasteiger partial charge in [-0.15, -0.1) is 0 Å². The van der Waals surface area contributed by atoms with Crippen molar-refractivity contribution in [2.24, 2.45) is 0 Å². The molecule has 8 heteroatoms. The Balaban J connectivity index is 2.37. The van der Waals surface area contributed by atoms with Crippen LogP contribution in [0.3, 0.4) is 0 Å². The molecule has 0 atom stereocenters. The molecule has 112 valence electrons. The average Bonchev–Trinajstić information content (AvgIpc) is 2.92. The number of imidazole rings is 1. The molecule has 0 spiro atoms. The molecular weight excluding hydrogens is 294 g/mol. The summed E-state index contributed by atoms with van der Waals surface area (Å²) in [6.45, 7) is 3.37. The lowest BCUT2D eigenvalue weighted by Crippen LogP contribution is -2.24. The Bertz CT molecular complexity index is 767. The van der Waals surface area contributed by atoms with Crippen LogP contribution >= 0.6 is 0 Å². The molecule has 0 aliphatic rings. The van der Waals surface area contributed by atoms with Gasteiger partial charge in [-0.05, 0) is 37.1 Å². The number of sulfonamides is 1. The normalized spacial score (nSPS) is 11.5. The number of H-pyrrole nitrogens is 1. The quantitative estimate of drug-likeness (QED) is 0.768. The predicted molar refractivity (Wildman–Crippen MR) is 75.5 cm³/mol. The van der Waals surface area contributed by atoms with Gasteiger partial charge in [0, 0.05) is 11.9 Å². The minimum absolute atomic E-state index is 0.0283. The maximum absolute atomic E-state index is 12.3. The summed E-state index contributed by atoms with van der Waals surface area (Å²) in [5.41, 5.74) is 1.69. The van der Waals surface area contributed by atoms with Crippen LogP contribution in [0.15, 0.2) is 29.6 Å². The summed E-state index contributed by atoms with van der Waals surface area (Å²) in [6, 6.07) is 2.62. The zero-order valence-electron chi connectivity index (χ0n) is 11.5. The fraction of sp³-hybridized carbons (Fsp3) is 0.231. The molecule has 1 aromatic heterocycles. The van der Waals surface area contributed by atoms with E-state index in [0.717, 1.165) is 0 Å². The number of benzene rings is 1. The topological polar surface area (TPSA) is 112 Å². The Hall–Kier alpha value is -2.19. The second-order valence-electron chi connectivity index (χ2n) is 4.62. The van der Waals surface area contributed by atoms with Crippen molar-refractivity contribution in [3.8, 4) is 0 Å². The van der Waals surface area contributed by atoms with E-state index in [1.54, 1.807) is 13.8 Å². The number of hydrogen-bond donors (Lipinski definition) is 3. The number of carboxylic acids is 1. The number of nitrogens with zero attached hydrogens (tertiary/aromatic N) is 1. The first-order valence-corrected chi connectivity index (χ1v) is 7.61. The molecule has 7 nitrogen and oxygen atoms in total. The molecule has 21 heavy (non-hydrogen) atoms. The highest BCUT2D eigenvalue weighted by Crippen LogP contribution is 2.21. The summed E-state index contributed by atoms with van der Waals surface area (Å²) in [5.74, 6) is -1.16. The van der Waals surface area contributed by atoms with Gasteiger partial charge in [0.2, 0.25) is 10.0 Å². The Labute approximate surface area is 122 Å². The largest absolute Gasteiger partial charge is 0.478 e. The van der Waals surface area contributed by atoms with Crippen LogP contribution in [0, 0.1) is 13.8 Å². The minimum atomic E-state index is -3.81. The molecule has 3 N–H and O–H groups in total. The Morgan fingerprint density at radius 3 is 2.67 bits per heavy atom. The monoisotopic (exact) mass is 309 g/mol. The van der Waals surface area contributed by atoms with Crippen molar-refractivity contribution in [2.75, 3.05) is 0 Å². The number of aromatic amines is 1. The van der Waals surface area contributed by atoms with Crippen LogP contribution in [0.5, 0.6) is 0 Å². The van der Waals surface area contributed by atoms with Gasteiger partial charge < -0.3 is 10.1 Å². The maximum Gasteiger partial charge on any atom is 0.335 e. The van der Waals surface area contributed by atoms with E-state index in [-0.39, 0.29) is 17.0 Å². The van der Waals surface area contributed by atoms with Crippen molar-refractivity contribution in [1.29, 1.82) is 0 Å². The molecule has 0 radical (unpaired) electrons. The van der Waals surface area contributed by atoms with E-state index in [2.05, 4.69) is 14.7 Å². The summed E-state index contributed by atoms with van der Waals surface area (Å²) in [6.07, 6.45) is 2.96. The summed E-state index contributed by atoms with van der Waals surface area (Å²) < 4.78 is 27.1. The highest BCUT2D eigenvalue weighted by molar-refractivity contribution is 7.89. The number of aryl methyl sites for hydroxylation is 1. The van der Waals surface area contributed by atoms with E-state index < -0.39 is 16.0 Å². The predicted octanol–water partition coefficient (Wildman–Crippen LogP) is 1.20. The molecule has 0 unspecified atom stereocenters. The molecule has 1 aromatic carbocycles. The van der Waals surface area contributed by atoms with E-state index in [1.165, 1.54) is 24.7 Å². The molecule has 2 aromatic rings. The molecule has 0 fully saturated rings. The molecular formula is C13H15N3O4S. The van der Waals surface area contributed by atoms with Crippen molar-refractivity contribution in [3.63, 3.8) is 0 Å². The Kier molecular flexibility index (Phi) is 4.10. The third kappa shape index (κ3) is 3.29. The van der Waals surface area contributed by atoms with E-state index in [4.69, 9.17) is 5.11 Å². The maximum atomic E-state index is 12.3. The summed E-state index contributed by atoms with van der Waals surface area (Å²) in [5, 5.41) is 9.04. The molecule has 1 heterocycles. The number of aromatic carboxylic acids is 1. The highest BCUT2D eigenvalue weighted by Gasteiger charge is 2.20. The third-order valence-electron chi connectivity index (χ3n) is 3.16. The Morgan fingerprint density at radius 1 is 1.38 bits per heavy atom. The smallest absolute Gasteiger partial charge is 0.335 e. The second-order valence-corrected chi connectivity index (χ2v) is 6.36. The third-order valence-corrected chi connectivity index (χ3v) is 4.69. The van der Waals surface area contributed by atoms with Gasteiger partial charge in [-0.2, -0.15) is 0 Å². The average molecular weight is 309 g/mol. The SMILES string of the molecule is Cc1cc(C(=O)O)cc(S(=O)(=O)NCc2cnc[nH]2)c1C. The van der Waals surface area contributed by atoms with Crippen LogP contribution < -0.4 is 4.72 Å². The summed E-state index contributed by atoms with van der Waals surface area (Å²) in [7, 11) is -3.81. The van der Waals surface area contributed by atoms with Crippen LogP contribution in [-0.4, -0.2) is 29.5 Å². The van der Waals surface area contributed by atoms with Crippen molar-refractivity contribution in [2.45, 2.75) is 25.3 Å². The number of aromatic nitrogens is 2. The summed E-state index contributed by atoms with van der Waals surface area (Å²) in [4.78, 5) is 17.6. The second kappa shape index (κ2) is 5.66. The lowest BCUT2D eigenvalue weighted by Gasteiger charge is -2.12. The molecule has 0 saturated heterocycles. The van der Waals surface area contributed by atoms with Gasteiger partial charge >= 0.3 is 5.97 Å². The first kappa shape index (κ1) is 15.2. The lowest BCUT2D eigenvalue weighted by molar-refractivity contribution is 0.0696. The fourth-order valence-corrected chi connectivity index (χ4v) is 3.21. The van der Waals surface area contributed by atoms with Crippen molar-refractivity contribution in [1.82, 2.24) is 14.7 Å². The standard InChI is InChI=1S/C13H15N3O4S/c1-8-3-10(13(17)18)4-12(9(8)2)21(19,20)16-6-11-5-14-7-15-11/h3-5,7,16H,6H2,1-2H3,(H,14,15)(H,17,18). The zero-order chi connectivity index (χ0) is 15.6. The number of nitrogens with one attached hydrogen (secondary N) is 2. The summed E-state index contributed by atoms with van der Waals surface area (Å²) >= 11 is 0. The Morgan fingerprint density at radius 2 is 2.10 bits per heavy atom. The van der Waals surface area contributed by atoms with Gasteiger partial charge in [-0.1, -0.05) is 0 Å². The van der Waals surface area contributed by atoms with Crippen molar-refractivity contribution >= 4 is 16.0 Å². The number of rotatable bonds is 5. The van der Waals surface area contributed by atoms with E-state index in [1.807, 2.05) is 0 Å². The van der Waals surface area contributed by atoms with Gasteiger partial charge in [0.05, 0.1) is 23.3 Å². The lowest BCUT2D eigenvalue weighted by atomic mass is 10.1. The van der Waals surface area contributed by atoms with Gasteiger partial charge in [0.25, 0.3) is 0 Å².